The first-order valence-electron chi connectivity index (χ1n) is 4.80. The van der Waals surface area contributed by atoms with Crippen molar-refractivity contribution in [3.63, 3.8) is 0 Å². The van der Waals surface area contributed by atoms with Gasteiger partial charge in [0.2, 0.25) is 0 Å². The highest BCUT2D eigenvalue weighted by Gasteiger charge is 2.07. The Balaban J connectivity index is 2.12. The molecule has 0 aliphatic heterocycles. The van der Waals surface area contributed by atoms with Crippen molar-refractivity contribution in [1.29, 1.82) is 0 Å². The Kier molecular flexibility index (Phi) is 3.75. The number of hydrogen-bond donors (Lipinski definition) is 0. The average Bonchev–Trinajstić information content (AvgIpc) is 2.79. The molecule has 16 heavy (non-hydrogen) atoms. The van der Waals surface area contributed by atoms with E-state index in [1.54, 1.807) is 12.3 Å². The summed E-state index contributed by atoms with van der Waals surface area (Å²) < 4.78 is 10.8. The first-order chi connectivity index (χ1) is 7.81. The molecule has 1 aromatic heterocycles. The maximum Gasteiger partial charge on any atom is 0.146 e. The van der Waals surface area contributed by atoms with Crippen LogP contribution in [0.4, 0.5) is 0 Å². The third-order valence-electron chi connectivity index (χ3n) is 2.16. The third-order valence-corrected chi connectivity index (χ3v) is 2.78. The minimum atomic E-state index is 0.327. The lowest BCUT2D eigenvalue weighted by Crippen LogP contribution is -1.97. The van der Waals surface area contributed by atoms with E-state index in [2.05, 4.69) is 0 Å². The largest absolute Gasteiger partial charge is 0.485 e. The zero-order valence-electron chi connectivity index (χ0n) is 8.45. The van der Waals surface area contributed by atoms with Crippen LogP contribution in [0.25, 0.3) is 0 Å². The molecular weight excluding hydrogens is 247 g/mol. The summed E-state index contributed by atoms with van der Waals surface area (Å²) in [6.07, 6.45) is 1.61. The van der Waals surface area contributed by atoms with Crippen LogP contribution in [-0.4, -0.2) is 0 Å². The Morgan fingerprint density at radius 3 is 2.75 bits per heavy atom. The Labute approximate surface area is 104 Å². The lowest BCUT2D eigenvalue weighted by Gasteiger charge is -2.09. The van der Waals surface area contributed by atoms with E-state index < -0.39 is 0 Å². The van der Waals surface area contributed by atoms with Gasteiger partial charge in [0.1, 0.15) is 18.1 Å². The number of rotatable bonds is 4. The fourth-order valence-electron chi connectivity index (χ4n) is 1.35. The van der Waals surface area contributed by atoms with E-state index in [1.165, 1.54) is 0 Å². The summed E-state index contributed by atoms with van der Waals surface area (Å²) in [5.41, 5.74) is 0.803. The molecule has 1 heterocycles. The predicted octanol–water partition coefficient (Wildman–Crippen LogP) is 4.25. The first-order valence-corrected chi connectivity index (χ1v) is 5.71. The van der Waals surface area contributed by atoms with Crippen molar-refractivity contribution >= 4 is 23.2 Å². The number of hydrogen-bond acceptors (Lipinski definition) is 2. The van der Waals surface area contributed by atoms with Crippen molar-refractivity contribution in [2.45, 2.75) is 12.5 Å². The van der Waals surface area contributed by atoms with E-state index >= 15 is 0 Å². The van der Waals surface area contributed by atoms with Crippen LogP contribution >= 0.6 is 23.2 Å². The van der Waals surface area contributed by atoms with Crippen molar-refractivity contribution in [3.05, 3.63) is 52.9 Å². The number of furan rings is 1. The second-order valence-electron chi connectivity index (χ2n) is 3.22. The van der Waals surface area contributed by atoms with E-state index in [-0.39, 0.29) is 0 Å². The summed E-state index contributed by atoms with van der Waals surface area (Å²) in [4.78, 5) is 0. The lowest BCUT2D eigenvalue weighted by atomic mass is 10.2. The molecule has 1 aromatic carbocycles. The average molecular weight is 257 g/mol. The summed E-state index contributed by atoms with van der Waals surface area (Å²) in [6.45, 7) is 0.372. The van der Waals surface area contributed by atoms with E-state index in [0.29, 0.717) is 23.3 Å². The number of alkyl halides is 1. The van der Waals surface area contributed by atoms with Crippen LogP contribution < -0.4 is 4.74 Å². The minimum Gasteiger partial charge on any atom is -0.485 e. The second kappa shape index (κ2) is 5.28. The Hall–Kier alpha value is -1.12. The quantitative estimate of drug-likeness (QED) is 0.764. The molecule has 4 heteroatoms. The summed E-state index contributed by atoms with van der Waals surface area (Å²) >= 11 is 11.8. The van der Waals surface area contributed by atoms with Gasteiger partial charge in [-0.1, -0.05) is 17.7 Å². The van der Waals surface area contributed by atoms with Gasteiger partial charge in [-0.25, -0.2) is 0 Å². The molecule has 0 atom stereocenters. The van der Waals surface area contributed by atoms with Gasteiger partial charge in [0.25, 0.3) is 0 Å². The Morgan fingerprint density at radius 2 is 2.06 bits per heavy atom. The van der Waals surface area contributed by atoms with Gasteiger partial charge in [0.05, 0.1) is 12.1 Å². The summed E-state index contributed by atoms with van der Waals surface area (Å²) in [6, 6.07) is 9.13. The van der Waals surface area contributed by atoms with Crippen LogP contribution in [0.2, 0.25) is 5.02 Å². The molecule has 0 N–H and O–H groups in total. The SMILES string of the molecule is ClCc1c(Cl)cccc1OCc1ccco1. The molecule has 0 bridgehead atoms. The van der Waals surface area contributed by atoms with Crippen molar-refractivity contribution in [2.75, 3.05) is 0 Å². The van der Waals surface area contributed by atoms with Crippen LogP contribution in [0.3, 0.4) is 0 Å². The van der Waals surface area contributed by atoms with Crippen LogP contribution in [0.1, 0.15) is 11.3 Å². The summed E-state index contributed by atoms with van der Waals surface area (Å²) in [7, 11) is 0. The van der Waals surface area contributed by atoms with Gasteiger partial charge in [0.15, 0.2) is 0 Å². The van der Waals surface area contributed by atoms with Crippen LogP contribution in [-0.2, 0) is 12.5 Å². The highest BCUT2D eigenvalue weighted by atomic mass is 35.5. The maximum atomic E-state index is 6.00. The van der Waals surface area contributed by atoms with Crippen molar-refractivity contribution in [1.82, 2.24) is 0 Å². The Morgan fingerprint density at radius 1 is 1.19 bits per heavy atom. The smallest absolute Gasteiger partial charge is 0.146 e. The molecule has 0 saturated heterocycles. The summed E-state index contributed by atoms with van der Waals surface area (Å²) in [5, 5.41) is 0.618. The molecule has 2 aromatic rings. The molecule has 84 valence electrons. The van der Waals surface area contributed by atoms with Gasteiger partial charge >= 0.3 is 0 Å². The van der Waals surface area contributed by atoms with Crippen molar-refractivity contribution in [2.24, 2.45) is 0 Å². The molecule has 0 radical (unpaired) electrons. The van der Waals surface area contributed by atoms with Crippen LogP contribution in [0.15, 0.2) is 41.0 Å². The van der Waals surface area contributed by atoms with Gasteiger partial charge in [-0.05, 0) is 24.3 Å². The predicted molar refractivity (Wildman–Crippen MR) is 64.0 cm³/mol. The molecular formula is C12H10Cl2O2. The van der Waals surface area contributed by atoms with Crippen molar-refractivity contribution < 1.29 is 9.15 Å². The summed E-state index contributed by atoms with van der Waals surface area (Å²) in [5.74, 6) is 1.78. The van der Waals surface area contributed by atoms with Gasteiger partial charge in [-0.2, -0.15) is 0 Å². The standard InChI is InChI=1S/C12H10Cl2O2/c13-7-10-11(14)4-1-5-12(10)16-8-9-3-2-6-15-9/h1-6H,7-8H2. The van der Waals surface area contributed by atoms with E-state index in [4.69, 9.17) is 32.4 Å². The van der Waals surface area contributed by atoms with Gasteiger partial charge < -0.3 is 9.15 Å². The first kappa shape index (κ1) is 11.4. The second-order valence-corrected chi connectivity index (χ2v) is 3.89. The Bertz CT molecular complexity index is 452. The minimum absolute atomic E-state index is 0.327. The van der Waals surface area contributed by atoms with Crippen LogP contribution in [0, 0.1) is 0 Å². The molecule has 2 nitrogen and oxygen atoms in total. The molecule has 0 aliphatic carbocycles. The van der Waals surface area contributed by atoms with E-state index in [9.17, 15) is 0 Å². The monoisotopic (exact) mass is 256 g/mol. The van der Waals surface area contributed by atoms with Gasteiger partial charge in [-0.3, -0.25) is 0 Å². The fourth-order valence-corrected chi connectivity index (χ4v) is 1.92. The van der Waals surface area contributed by atoms with E-state index in [1.807, 2.05) is 24.3 Å². The normalized spacial score (nSPS) is 10.4. The molecule has 0 spiro atoms. The molecule has 0 aliphatic rings. The fraction of sp³-hybridized carbons (Fsp3) is 0.167. The molecule has 0 amide bonds. The third kappa shape index (κ3) is 2.52. The molecule has 0 saturated carbocycles. The zero-order valence-corrected chi connectivity index (χ0v) is 9.96. The molecule has 2 rings (SSSR count). The van der Waals surface area contributed by atoms with Crippen LogP contribution in [0.5, 0.6) is 5.75 Å². The number of benzene rings is 1. The number of halogens is 2. The highest BCUT2D eigenvalue weighted by Crippen LogP contribution is 2.28. The maximum absolute atomic E-state index is 6.00. The molecule has 0 unspecified atom stereocenters. The van der Waals surface area contributed by atoms with Crippen molar-refractivity contribution in [3.8, 4) is 5.75 Å². The number of ether oxygens (including phenoxy) is 1. The van der Waals surface area contributed by atoms with Gasteiger partial charge in [-0.15, -0.1) is 11.6 Å². The highest BCUT2D eigenvalue weighted by molar-refractivity contribution is 6.32. The zero-order chi connectivity index (χ0) is 11.4. The topological polar surface area (TPSA) is 22.4 Å². The lowest BCUT2D eigenvalue weighted by molar-refractivity contribution is 0.268. The molecule has 0 fully saturated rings. The van der Waals surface area contributed by atoms with Gasteiger partial charge in [0, 0.05) is 10.6 Å². The van der Waals surface area contributed by atoms with E-state index in [0.717, 1.165) is 11.3 Å².